The Morgan fingerprint density at radius 2 is 2.07 bits per heavy atom. The van der Waals surface area contributed by atoms with Crippen molar-refractivity contribution in [3.8, 4) is 0 Å². The zero-order valence-electron chi connectivity index (χ0n) is 8.42. The lowest BCUT2D eigenvalue weighted by molar-refractivity contribution is 0.0644. The maximum absolute atomic E-state index is 9.57. The number of nitrogens with two attached hydrogens (primary N) is 1. The first kappa shape index (κ1) is 11.5. The topological polar surface area (TPSA) is 88.1 Å². The van der Waals surface area contributed by atoms with Gasteiger partial charge in [-0.25, -0.2) is 0 Å². The van der Waals surface area contributed by atoms with E-state index in [1.807, 2.05) is 0 Å². The zero-order chi connectivity index (χ0) is 11.3. The summed E-state index contributed by atoms with van der Waals surface area (Å²) in [5.74, 6) is 0.0442. The van der Waals surface area contributed by atoms with Crippen molar-refractivity contribution in [2.24, 2.45) is 10.9 Å². The molecule has 82 valence electrons. The molecule has 0 aliphatic rings. The van der Waals surface area contributed by atoms with Crippen LogP contribution in [0.3, 0.4) is 0 Å². The summed E-state index contributed by atoms with van der Waals surface area (Å²) in [7, 11) is 1.52. The van der Waals surface area contributed by atoms with E-state index in [0.717, 1.165) is 5.56 Å². The minimum absolute atomic E-state index is 0.0442. The fourth-order valence-electron chi connectivity index (χ4n) is 1.19. The Balaban J connectivity index is 2.80. The average Bonchev–Trinajstić information content (AvgIpc) is 2.28. The van der Waals surface area contributed by atoms with Crippen LogP contribution in [0.4, 0.5) is 0 Å². The van der Waals surface area contributed by atoms with Crippen LogP contribution in [-0.4, -0.2) is 29.9 Å². The number of rotatable bonds is 4. The van der Waals surface area contributed by atoms with Gasteiger partial charge in [0.1, 0.15) is 6.10 Å². The van der Waals surface area contributed by atoms with Gasteiger partial charge >= 0.3 is 0 Å². The lowest BCUT2D eigenvalue weighted by Gasteiger charge is -2.09. The van der Waals surface area contributed by atoms with E-state index in [-0.39, 0.29) is 12.4 Å². The van der Waals surface area contributed by atoms with Gasteiger partial charge in [0.25, 0.3) is 0 Å². The molecule has 1 aromatic rings. The normalized spacial score (nSPS) is 13.9. The minimum atomic E-state index is -0.656. The monoisotopic (exact) mass is 210 g/mol. The van der Waals surface area contributed by atoms with Gasteiger partial charge < -0.3 is 20.8 Å². The van der Waals surface area contributed by atoms with Crippen molar-refractivity contribution in [1.29, 1.82) is 0 Å². The molecule has 1 rings (SSSR count). The third kappa shape index (κ3) is 2.93. The Labute approximate surface area is 87.8 Å². The van der Waals surface area contributed by atoms with Crippen LogP contribution in [0.5, 0.6) is 0 Å². The summed E-state index contributed by atoms with van der Waals surface area (Å²) in [6, 6.07) is 6.75. The number of amidine groups is 1. The van der Waals surface area contributed by atoms with Crippen molar-refractivity contribution < 1.29 is 15.1 Å². The third-order valence-electron chi connectivity index (χ3n) is 2.02. The minimum Gasteiger partial charge on any atom is -0.409 e. The van der Waals surface area contributed by atoms with E-state index in [1.54, 1.807) is 24.3 Å². The summed E-state index contributed by atoms with van der Waals surface area (Å²) < 4.78 is 4.82. The summed E-state index contributed by atoms with van der Waals surface area (Å²) >= 11 is 0. The van der Waals surface area contributed by atoms with Crippen molar-refractivity contribution in [3.63, 3.8) is 0 Å². The molecule has 1 unspecified atom stereocenters. The van der Waals surface area contributed by atoms with Gasteiger partial charge in [0, 0.05) is 12.7 Å². The Kier molecular flexibility index (Phi) is 4.08. The molecule has 1 aromatic carbocycles. The molecule has 0 aliphatic carbocycles. The van der Waals surface area contributed by atoms with E-state index in [2.05, 4.69) is 5.16 Å². The molecule has 0 aliphatic heterocycles. The molecule has 0 saturated carbocycles. The lowest BCUT2D eigenvalue weighted by atomic mass is 10.1. The Morgan fingerprint density at radius 3 is 2.53 bits per heavy atom. The van der Waals surface area contributed by atoms with E-state index in [0.29, 0.717) is 5.56 Å². The highest BCUT2D eigenvalue weighted by Gasteiger charge is 2.07. The lowest BCUT2D eigenvalue weighted by Crippen LogP contribution is -2.13. The largest absolute Gasteiger partial charge is 0.409 e. The predicted molar refractivity (Wildman–Crippen MR) is 55.8 cm³/mol. The van der Waals surface area contributed by atoms with Crippen LogP contribution in [0.25, 0.3) is 0 Å². The average molecular weight is 210 g/mol. The maximum Gasteiger partial charge on any atom is 0.170 e. The quantitative estimate of drug-likeness (QED) is 0.291. The maximum atomic E-state index is 9.57. The fourth-order valence-corrected chi connectivity index (χ4v) is 1.19. The Morgan fingerprint density at radius 1 is 1.47 bits per heavy atom. The molecule has 4 N–H and O–H groups in total. The second-order valence-electron chi connectivity index (χ2n) is 3.08. The number of nitrogens with zero attached hydrogens (tertiary/aromatic N) is 1. The number of hydrogen-bond acceptors (Lipinski definition) is 4. The van der Waals surface area contributed by atoms with Crippen LogP contribution in [0, 0.1) is 0 Å². The van der Waals surface area contributed by atoms with Crippen molar-refractivity contribution in [2.75, 3.05) is 13.7 Å². The van der Waals surface area contributed by atoms with Gasteiger partial charge in [0.2, 0.25) is 0 Å². The van der Waals surface area contributed by atoms with Gasteiger partial charge in [0.15, 0.2) is 5.84 Å². The van der Waals surface area contributed by atoms with E-state index in [4.69, 9.17) is 15.7 Å². The van der Waals surface area contributed by atoms with Crippen LogP contribution < -0.4 is 5.73 Å². The molecule has 0 heterocycles. The molecule has 5 heteroatoms. The van der Waals surface area contributed by atoms with Gasteiger partial charge in [-0.05, 0) is 5.56 Å². The van der Waals surface area contributed by atoms with Gasteiger partial charge in [0.05, 0.1) is 6.61 Å². The molecule has 1 atom stereocenters. The van der Waals surface area contributed by atoms with Gasteiger partial charge in [-0.1, -0.05) is 29.4 Å². The van der Waals surface area contributed by atoms with E-state index in [9.17, 15) is 5.11 Å². The van der Waals surface area contributed by atoms with Crippen molar-refractivity contribution in [2.45, 2.75) is 6.10 Å². The number of benzene rings is 1. The SMILES string of the molecule is COCC(O)c1ccc(C(N)=NO)cc1. The number of aliphatic hydroxyl groups is 1. The number of ether oxygens (including phenoxy) is 1. The third-order valence-corrected chi connectivity index (χ3v) is 2.02. The summed E-state index contributed by atoms with van der Waals surface area (Å²) in [6.07, 6.45) is -0.656. The molecule has 0 aromatic heterocycles. The van der Waals surface area contributed by atoms with Crippen LogP contribution >= 0.6 is 0 Å². The summed E-state index contributed by atoms with van der Waals surface area (Å²) in [5, 5.41) is 20.9. The second-order valence-corrected chi connectivity index (χ2v) is 3.08. The van der Waals surface area contributed by atoms with Crippen LogP contribution in [0.15, 0.2) is 29.4 Å². The van der Waals surface area contributed by atoms with Crippen LogP contribution in [0.2, 0.25) is 0 Å². The second kappa shape index (κ2) is 5.33. The number of oxime groups is 1. The Hall–Kier alpha value is -1.59. The predicted octanol–water partition coefficient (Wildman–Crippen LogP) is 0.461. The van der Waals surface area contributed by atoms with Crippen LogP contribution in [0.1, 0.15) is 17.2 Å². The van der Waals surface area contributed by atoms with E-state index >= 15 is 0 Å². The highest BCUT2D eigenvalue weighted by Crippen LogP contribution is 2.13. The van der Waals surface area contributed by atoms with E-state index < -0.39 is 6.10 Å². The summed E-state index contributed by atoms with van der Waals surface area (Å²) in [4.78, 5) is 0. The molecule has 0 amide bonds. The van der Waals surface area contributed by atoms with E-state index in [1.165, 1.54) is 7.11 Å². The number of aliphatic hydroxyl groups excluding tert-OH is 1. The van der Waals surface area contributed by atoms with Crippen LogP contribution in [-0.2, 0) is 4.74 Å². The molecule has 0 saturated heterocycles. The standard InChI is InChI=1S/C10H14N2O3/c1-15-6-9(13)7-2-4-8(5-3-7)10(11)12-14/h2-5,9,13-14H,6H2,1H3,(H2,11,12). The molecule has 0 radical (unpaired) electrons. The molecule has 15 heavy (non-hydrogen) atoms. The van der Waals surface area contributed by atoms with Gasteiger partial charge in [-0.15, -0.1) is 0 Å². The molecule has 0 bridgehead atoms. The summed E-state index contributed by atoms with van der Waals surface area (Å²) in [5.41, 5.74) is 6.72. The molecule has 5 nitrogen and oxygen atoms in total. The molecule has 0 fully saturated rings. The Bertz CT molecular complexity index is 335. The van der Waals surface area contributed by atoms with Crippen molar-refractivity contribution in [1.82, 2.24) is 0 Å². The highest BCUT2D eigenvalue weighted by molar-refractivity contribution is 5.96. The first-order valence-corrected chi connectivity index (χ1v) is 4.44. The summed E-state index contributed by atoms with van der Waals surface area (Å²) in [6.45, 7) is 0.239. The van der Waals surface area contributed by atoms with Crippen molar-refractivity contribution in [3.05, 3.63) is 35.4 Å². The van der Waals surface area contributed by atoms with Gasteiger partial charge in [-0.2, -0.15) is 0 Å². The highest BCUT2D eigenvalue weighted by atomic mass is 16.5. The molecular weight excluding hydrogens is 196 g/mol. The van der Waals surface area contributed by atoms with Gasteiger partial charge in [-0.3, -0.25) is 0 Å². The number of methoxy groups -OCH3 is 1. The van der Waals surface area contributed by atoms with Crippen molar-refractivity contribution >= 4 is 5.84 Å². The first-order valence-electron chi connectivity index (χ1n) is 4.44. The molecular formula is C10H14N2O3. The fraction of sp³-hybridized carbons (Fsp3) is 0.300. The molecule has 0 spiro atoms. The number of hydrogen-bond donors (Lipinski definition) is 3. The zero-order valence-corrected chi connectivity index (χ0v) is 8.42. The first-order chi connectivity index (χ1) is 7.19. The smallest absolute Gasteiger partial charge is 0.170 e.